The zero-order valence-electron chi connectivity index (χ0n) is 11.4. The minimum absolute atomic E-state index is 0.571. The van der Waals surface area contributed by atoms with Crippen molar-refractivity contribution in [2.75, 3.05) is 12.4 Å². The van der Waals surface area contributed by atoms with Crippen LogP contribution in [0.25, 0.3) is 0 Å². The Bertz CT molecular complexity index is 614. The zero-order chi connectivity index (χ0) is 14.0. The number of benzene rings is 1. The predicted octanol–water partition coefficient (Wildman–Crippen LogP) is 4.00. The first-order valence-electron chi connectivity index (χ1n) is 5.98. The number of nitrogens with one attached hydrogen (secondary N) is 1. The molecular formula is C14H16BrN3O. The third-order valence-corrected chi connectivity index (χ3v) is 3.36. The number of rotatable bonds is 3. The maximum atomic E-state index is 5.88. The number of anilines is 1. The lowest BCUT2D eigenvalue weighted by Gasteiger charge is -2.12. The molecule has 1 aromatic heterocycles. The summed E-state index contributed by atoms with van der Waals surface area (Å²) in [5.41, 5.74) is 2.06. The van der Waals surface area contributed by atoms with Crippen LogP contribution >= 0.6 is 15.9 Å². The number of aryl methyl sites for hydroxylation is 2. The quantitative estimate of drug-likeness (QED) is 0.928. The van der Waals surface area contributed by atoms with Gasteiger partial charge in [-0.25, -0.2) is 4.98 Å². The summed E-state index contributed by atoms with van der Waals surface area (Å²) in [4.78, 5) is 8.66. The highest BCUT2D eigenvalue weighted by molar-refractivity contribution is 9.10. The van der Waals surface area contributed by atoms with E-state index < -0.39 is 0 Å². The van der Waals surface area contributed by atoms with Gasteiger partial charge >= 0.3 is 0 Å². The van der Waals surface area contributed by atoms with E-state index in [9.17, 15) is 0 Å². The van der Waals surface area contributed by atoms with Gasteiger partial charge in [0.2, 0.25) is 5.88 Å². The van der Waals surface area contributed by atoms with Crippen LogP contribution in [0.2, 0.25) is 0 Å². The van der Waals surface area contributed by atoms with Gasteiger partial charge in [0, 0.05) is 7.05 Å². The number of halogens is 1. The van der Waals surface area contributed by atoms with E-state index >= 15 is 0 Å². The van der Waals surface area contributed by atoms with Crippen molar-refractivity contribution in [3.63, 3.8) is 0 Å². The Labute approximate surface area is 121 Å². The molecule has 0 aliphatic carbocycles. The van der Waals surface area contributed by atoms with E-state index in [1.165, 1.54) is 5.56 Å². The molecule has 2 aromatic rings. The average Bonchev–Trinajstić information content (AvgIpc) is 2.36. The van der Waals surface area contributed by atoms with Gasteiger partial charge in [0.1, 0.15) is 17.4 Å². The fourth-order valence-electron chi connectivity index (χ4n) is 1.74. The van der Waals surface area contributed by atoms with Gasteiger partial charge in [0.25, 0.3) is 0 Å². The second kappa shape index (κ2) is 5.57. The number of nitrogens with zero attached hydrogens (tertiary/aromatic N) is 2. The van der Waals surface area contributed by atoms with Gasteiger partial charge in [0.05, 0.1) is 10.0 Å². The highest BCUT2D eigenvalue weighted by Crippen LogP contribution is 2.32. The van der Waals surface area contributed by atoms with E-state index in [1.54, 1.807) is 0 Å². The Morgan fingerprint density at radius 1 is 1.16 bits per heavy atom. The Hall–Kier alpha value is -1.62. The highest BCUT2D eigenvalue weighted by Gasteiger charge is 2.11. The largest absolute Gasteiger partial charge is 0.437 e. The molecule has 0 saturated carbocycles. The summed E-state index contributed by atoms with van der Waals surface area (Å²) < 4.78 is 6.79. The molecule has 4 nitrogen and oxygen atoms in total. The second-order valence-corrected chi connectivity index (χ2v) is 5.19. The molecule has 100 valence electrons. The summed E-state index contributed by atoms with van der Waals surface area (Å²) >= 11 is 3.50. The van der Waals surface area contributed by atoms with Crippen LogP contribution in [0.3, 0.4) is 0 Å². The Kier molecular flexibility index (Phi) is 4.04. The van der Waals surface area contributed by atoms with E-state index in [-0.39, 0.29) is 0 Å². The SMILES string of the molecule is CNc1nc(C)nc(Oc2ccc(C)cc2Br)c1C. The molecule has 1 heterocycles. The van der Waals surface area contributed by atoms with Gasteiger partial charge in [0.15, 0.2) is 0 Å². The Balaban J connectivity index is 2.40. The standard InChI is InChI=1S/C14H16BrN3O/c1-8-5-6-12(11(15)7-8)19-14-9(2)13(16-4)17-10(3)18-14/h5-7H,1-4H3,(H,16,17,18). The Morgan fingerprint density at radius 2 is 1.89 bits per heavy atom. The molecule has 0 bridgehead atoms. The molecule has 0 fully saturated rings. The van der Waals surface area contributed by atoms with Crippen molar-refractivity contribution in [3.05, 3.63) is 39.6 Å². The van der Waals surface area contributed by atoms with Crippen molar-refractivity contribution >= 4 is 21.7 Å². The number of aromatic nitrogens is 2. The summed E-state index contributed by atoms with van der Waals surface area (Å²) in [5, 5.41) is 3.04. The van der Waals surface area contributed by atoms with Gasteiger partial charge in [-0.3, -0.25) is 0 Å². The van der Waals surface area contributed by atoms with Crippen molar-refractivity contribution in [3.8, 4) is 11.6 Å². The molecule has 0 atom stereocenters. The third kappa shape index (κ3) is 3.04. The van der Waals surface area contributed by atoms with E-state index in [0.29, 0.717) is 11.7 Å². The minimum Gasteiger partial charge on any atom is -0.437 e. The lowest BCUT2D eigenvalue weighted by atomic mass is 10.2. The van der Waals surface area contributed by atoms with Crippen molar-refractivity contribution in [2.24, 2.45) is 0 Å². The first-order valence-corrected chi connectivity index (χ1v) is 6.77. The molecule has 5 heteroatoms. The lowest BCUT2D eigenvalue weighted by molar-refractivity contribution is 0.453. The molecule has 0 radical (unpaired) electrons. The molecule has 0 unspecified atom stereocenters. The summed E-state index contributed by atoms with van der Waals surface area (Å²) in [6.45, 7) is 5.81. The van der Waals surface area contributed by atoms with Crippen LogP contribution in [0, 0.1) is 20.8 Å². The molecule has 1 aromatic carbocycles. The fraction of sp³-hybridized carbons (Fsp3) is 0.286. The molecule has 0 spiro atoms. The van der Waals surface area contributed by atoms with Crippen LogP contribution in [0.1, 0.15) is 17.0 Å². The van der Waals surface area contributed by atoms with Gasteiger partial charge < -0.3 is 10.1 Å². The van der Waals surface area contributed by atoms with Crippen molar-refractivity contribution < 1.29 is 4.74 Å². The summed E-state index contributed by atoms with van der Waals surface area (Å²) in [5.74, 6) is 2.77. The molecule has 0 aliphatic heterocycles. The van der Waals surface area contributed by atoms with E-state index in [4.69, 9.17) is 4.74 Å². The smallest absolute Gasteiger partial charge is 0.227 e. The summed E-state index contributed by atoms with van der Waals surface area (Å²) in [6, 6.07) is 5.94. The molecule has 0 amide bonds. The van der Waals surface area contributed by atoms with Gasteiger partial charge in [-0.1, -0.05) is 6.07 Å². The first kappa shape index (κ1) is 13.8. The number of hydrogen-bond donors (Lipinski definition) is 1. The maximum Gasteiger partial charge on any atom is 0.227 e. The molecular weight excluding hydrogens is 306 g/mol. The lowest BCUT2D eigenvalue weighted by Crippen LogP contribution is -2.03. The van der Waals surface area contributed by atoms with Crippen molar-refractivity contribution in [1.82, 2.24) is 9.97 Å². The molecule has 0 saturated heterocycles. The van der Waals surface area contributed by atoms with Crippen LogP contribution < -0.4 is 10.1 Å². The van der Waals surface area contributed by atoms with Gasteiger partial charge in [-0.2, -0.15) is 4.98 Å². The predicted molar refractivity (Wildman–Crippen MR) is 80.0 cm³/mol. The first-order chi connectivity index (χ1) is 9.01. The molecule has 1 N–H and O–H groups in total. The van der Waals surface area contributed by atoms with Crippen LogP contribution in [-0.4, -0.2) is 17.0 Å². The zero-order valence-corrected chi connectivity index (χ0v) is 13.0. The Morgan fingerprint density at radius 3 is 2.53 bits per heavy atom. The van der Waals surface area contributed by atoms with Crippen LogP contribution in [0.5, 0.6) is 11.6 Å². The third-order valence-electron chi connectivity index (χ3n) is 2.74. The number of hydrogen-bond acceptors (Lipinski definition) is 4. The number of ether oxygens (including phenoxy) is 1. The van der Waals surface area contributed by atoms with Gasteiger partial charge in [-0.15, -0.1) is 0 Å². The van der Waals surface area contributed by atoms with Crippen LogP contribution in [-0.2, 0) is 0 Å². The summed E-state index contributed by atoms with van der Waals surface area (Å²) in [7, 11) is 1.83. The van der Waals surface area contributed by atoms with Crippen LogP contribution in [0.4, 0.5) is 5.82 Å². The van der Waals surface area contributed by atoms with E-state index in [1.807, 2.05) is 46.0 Å². The molecule has 19 heavy (non-hydrogen) atoms. The fourth-order valence-corrected chi connectivity index (χ4v) is 2.31. The topological polar surface area (TPSA) is 47.0 Å². The minimum atomic E-state index is 0.571. The molecule has 2 rings (SSSR count). The highest BCUT2D eigenvalue weighted by atomic mass is 79.9. The van der Waals surface area contributed by atoms with Crippen molar-refractivity contribution in [2.45, 2.75) is 20.8 Å². The molecule has 0 aliphatic rings. The van der Waals surface area contributed by atoms with Crippen molar-refractivity contribution in [1.29, 1.82) is 0 Å². The summed E-state index contributed by atoms with van der Waals surface area (Å²) in [6.07, 6.45) is 0. The van der Waals surface area contributed by atoms with Crippen LogP contribution in [0.15, 0.2) is 22.7 Å². The van der Waals surface area contributed by atoms with E-state index in [0.717, 1.165) is 21.6 Å². The maximum absolute atomic E-state index is 5.88. The normalized spacial score (nSPS) is 10.4. The monoisotopic (exact) mass is 321 g/mol. The van der Waals surface area contributed by atoms with E-state index in [2.05, 4.69) is 31.2 Å². The average molecular weight is 322 g/mol. The van der Waals surface area contributed by atoms with Gasteiger partial charge in [-0.05, 0) is 54.4 Å². The second-order valence-electron chi connectivity index (χ2n) is 4.34.